The van der Waals surface area contributed by atoms with Crippen LogP contribution in [0.4, 0.5) is 0 Å². The number of aromatic nitrogens is 1. The van der Waals surface area contributed by atoms with Crippen LogP contribution >= 0.6 is 0 Å². The van der Waals surface area contributed by atoms with Crippen molar-refractivity contribution in [2.24, 2.45) is 17.3 Å². The molecular weight excluding hydrogens is 578 g/mol. The molecule has 0 saturated heterocycles. The average molecular weight is 630 g/mol. The first kappa shape index (κ1) is 30.9. The van der Waals surface area contributed by atoms with Gasteiger partial charge in [-0.2, -0.15) is 0 Å². The molecule has 7 heteroatoms. The summed E-state index contributed by atoms with van der Waals surface area (Å²) in [6.45, 7) is 18.2. The zero-order chi connectivity index (χ0) is 33.0. The predicted molar refractivity (Wildman–Crippen MR) is 177 cm³/mol. The lowest BCUT2D eigenvalue weighted by atomic mass is 9.42. The minimum atomic E-state index is -1.22. The number of hydrogen-bond acceptors (Lipinski definition) is 6. The Morgan fingerprint density at radius 1 is 1.07 bits per heavy atom. The molecule has 0 spiro atoms. The van der Waals surface area contributed by atoms with Crippen molar-refractivity contribution < 1.29 is 29.2 Å². The van der Waals surface area contributed by atoms with E-state index in [0.717, 1.165) is 37.7 Å². The van der Waals surface area contributed by atoms with E-state index in [2.05, 4.69) is 64.7 Å². The summed E-state index contributed by atoms with van der Waals surface area (Å²) in [5, 5.41) is 25.3. The van der Waals surface area contributed by atoms with E-state index in [1.54, 1.807) is 13.8 Å². The average Bonchev–Trinajstić information content (AvgIpc) is 3.56. The number of aliphatic hydroxyl groups is 2. The van der Waals surface area contributed by atoms with Gasteiger partial charge in [0.25, 0.3) is 0 Å². The molecule has 7 nitrogen and oxygen atoms in total. The summed E-state index contributed by atoms with van der Waals surface area (Å²) in [4.78, 5) is 16.1. The van der Waals surface area contributed by atoms with Crippen molar-refractivity contribution in [3.63, 3.8) is 0 Å². The molecule has 8 atom stereocenters. The number of aromatic amines is 1. The lowest BCUT2D eigenvalue weighted by molar-refractivity contribution is -0.214. The lowest BCUT2D eigenvalue weighted by Gasteiger charge is -2.65. The van der Waals surface area contributed by atoms with Gasteiger partial charge in [-0.1, -0.05) is 13.8 Å². The summed E-state index contributed by atoms with van der Waals surface area (Å²) in [5.74, 6) is 0.321. The Bertz CT molecular complexity index is 1740. The van der Waals surface area contributed by atoms with Crippen molar-refractivity contribution in [2.75, 3.05) is 0 Å². The summed E-state index contributed by atoms with van der Waals surface area (Å²) >= 11 is 0. The third-order valence-corrected chi connectivity index (χ3v) is 13.5. The fraction of sp³-hybridized carbons (Fsp3) is 0.667. The number of benzene rings is 1. The van der Waals surface area contributed by atoms with E-state index in [0.29, 0.717) is 18.3 Å². The number of H-pyrrole nitrogens is 1. The highest BCUT2D eigenvalue weighted by Gasteiger charge is 2.70. The Morgan fingerprint density at radius 3 is 2.50 bits per heavy atom. The number of carbonyl (C=O) groups is 1. The van der Waals surface area contributed by atoms with Crippen molar-refractivity contribution in [1.82, 2.24) is 4.98 Å². The fourth-order valence-electron chi connectivity index (χ4n) is 11.3. The number of fused-ring (bicyclic) bond motifs is 12. The van der Waals surface area contributed by atoms with E-state index in [1.165, 1.54) is 45.8 Å². The molecule has 1 aromatic carbocycles. The molecule has 8 rings (SSSR count). The van der Waals surface area contributed by atoms with E-state index < -0.39 is 34.8 Å². The maximum absolute atomic E-state index is 13.0. The maximum atomic E-state index is 13.0. The van der Waals surface area contributed by atoms with Crippen LogP contribution in [0.5, 0.6) is 0 Å². The van der Waals surface area contributed by atoms with Crippen LogP contribution < -0.4 is 0 Å². The van der Waals surface area contributed by atoms with Crippen LogP contribution in [0.15, 0.2) is 29.9 Å². The van der Waals surface area contributed by atoms with Gasteiger partial charge in [-0.05, 0) is 138 Å². The maximum Gasteiger partial charge on any atom is 0.303 e. The minimum absolute atomic E-state index is 0.235. The van der Waals surface area contributed by atoms with Gasteiger partial charge in [0.1, 0.15) is 12.2 Å². The van der Waals surface area contributed by atoms with E-state index in [4.69, 9.17) is 14.2 Å². The Balaban J connectivity index is 1.23. The van der Waals surface area contributed by atoms with Gasteiger partial charge in [0, 0.05) is 40.3 Å². The Labute approximate surface area is 272 Å². The summed E-state index contributed by atoms with van der Waals surface area (Å²) in [7, 11) is 0. The van der Waals surface area contributed by atoms with Gasteiger partial charge in [-0.3, -0.25) is 4.79 Å². The number of esters is 1. The van der Waals surface area contributed by atoms with Gasteiger partial charge < -0.3 is 29.4 Å². The first-order valence-corrected chi connectivity index (χ1v) is 17.4. The van der Waals surface area contributed by atoms with Crippen molar-refractivity contribution in [2.45, 2.75) is 147 Å². The van der Waals surface area contributed by atoms with Gasteiger partial charge in [0.15, 0.2) is 0 Å². The van der Waals surface area contributed by atoms with Crippen molar-refractivity contribution in [3.05, 3.63) is 52.2 Å². The molecule has 2 aliphatic heterocycles. The molecule has 1 aromatic heterocycles. The number of nitrogens with one attached hydrogen (secondary N) is 1. The lowest BCUT2D eigenvalue weighted by Crippen LogP contribution is -2.68. The molecule has 0 bridgehead atoms. The number of rotatable bonds is 2. The molecule has 46 heavy (non-hydrogen) atoms. The standard InChI is InChI=1S/C39H51NO6/c1-20(41)44-31-18-28-30(45-33(31)35(4,5)42)11-12-37(8)38(9)22(10-13-39(28,37)43)16-25-24-14-21-15-27-26(19-34(2,3)46-36(27,6)7)23(21)17-29(24)40-32(25)38/h14,17-19,22,27,30-31,33,40,42-43H,10-13,15-16H2,1-9H3. The van der Waals surface area contributed by atoms with Crippen LogP contribution in [0.2, 0.25) is 0 Å². The minimum Gasteiger partial charge on any atom is -0.455 e. The molecule has 6 aliphatic rings. The first-order chi connectivity index (χ1) is 21.3. The van der Waals surface area contributed by atoms with Crippen LogP contribution in [-0.2, 0) is 37.3 Å². The zero-order valence-electron chi connectivity index (χ0n) is 29.0. The monoisotopic (exact) mass is 629 g/mol. The molecule has 0 radical (unpaired) electrons. The second-order valence-corrected chi connectivity index (χ2v) is 17.5. The zero-order valence-corrected chi connectivity index (χ0v) is 29.0. The largest absolute Gasteiger partial charge is 0.455 e. The topological polar surface area (TPSA) is 101 Å². The van der Waals surface area contributed by atoms with Crippen LogP contribution in [0.3, 0.4) is 0 Å². The molecule has 3 heterocycles. The molecule has 0 amide bonds. The summed E-state index contributed by atoms with van der Waals surface area (Å²) in [6, 6.07) is 4.84. The fourth-order valence-corrected chi connectivity index (χ4v) is 11.3. The normalized spacial score (nSPS) is 40.1. The van der Waals surface area contributed by atoms with E-state index in [1.807, 2.05) is 6.08 Å². The molecule has 2 aromatic rings. The van der Waals surface area contributed by atoms with Gasteiger partial charge >= 0.3 is 5.97 Å². The molecule has 2 fully saturated rings. The highest BCUT2D eigenvalue weighted by molar-refractivity contribution is 5.92. The molecule has 2 saturated carbocycles. The van der Waals surface area contributed by atoms with Gasteiger partial charge in [0.05, 0.1) is 28.5 Å². The molecular formula is C39H51NO6. The van der Waals surface area contributed by atoms with Crippen LogP contribution in [0.25, 0.3) is 16.5 Å². The predicted octanol–water partition coefficient (Wildman–Crippen LogP) is 6.46. The molecule has 4 aliphatic carbocycles. The quantitative estimate of drug-likeness (QED) is 0.260. The van der Waals surface area contributed by atoms with Gasteiger partial charge in [-0.25, -0.2) is 0 Å². The van der Waals surface area contributed by atoms with Crippen molar-refractivity contribution in [1.29, 1.82) is 0 Å². The van der Waals surface area contributed by atoms with Crippen LogP contribution in [0.1, 0.15) is 110 Å². The highest BCUT2D eigenvalue weighted by Crippen LogP contribution is 2.69. The second-order valence-electron chi connectivity index (χ2n) is 17.5. The van der Waals surface area contributed by atoms with E-state index in [-0.39, 0.29) is 22.7 Å². The van der Waals surface area contributed by atoms with Crippen molar-refractivity contribution >= 4 is 22.4 Å². The Hall–Kier alpha value is -2.45. The third-order valence-electron chi connectivity index (χ3n) is 13.5. The highest BCUT2D eigenvalue weighted by atomic mass is 16.6. The molecule has 3 N–H and O–H groups in total. The number of carbonyl (C=O) groups excluding carboxylic acids is 1. The summed E-state index contributed by atoms with van der Waals surface area (Å²) < 4.78 is 18.8. The Kier molecular flexibility index (Phi) is 6.14. The Morgan fingerprint density at radius 2 is 1.80 bits per heavy atom. The molecule has 8 unspecified atom stereocenters. The SMILES string of the molecule is CC(=O)OC1C=C2C(CCC3(C)C2(O)CCC2Cc4c([nH]c5cc6c(cc45)CC4C6=CC(C)(C)OC4(C)C)C23C)OC1C(C)(C)O. The van der Waals surface area contributed by atoms with Crippen molar-refractivity contribution in [3.8, 4) is 0 Å². The van der Waals surface area contributed by atoms with E-state index >= 15 is 0 Å². The second kappa shape index (κ2) is 9.16. The molecule has 248 valence electrons. The smallest absolute Gasteiger partial charge is 0.303 e. The van der Waals surface area contributed by atoms with Crippen LogP contribution in [0, 0.1) is 17.3 Å². The summed E-state index contributed by atoms with van der Waals surface area (Å²) in [5.41, 5.74) is 5.17. The van der Waals surface area contributed by atoms with Gasteiger partial charge in [0.2, 0.25) is 0 Å². The number of hydrogen-bond donors (Lipinski definition) is 3. The van der Waals surface area contributed by atoms with Crippen LogP contribution in [-0.4, -0.2) is 61.9 Å². The first-order valence-electron chi connectivity index (χ1n) is 17.4. The third kappa shape index (κ3) is 3.89. The van der Waals surface area contributed by atoms with E-state index in [9.17, 15) is 15.0 Å². The summed E-state index contributed by atoms with van der Waals surface area (Å²) in [6.07, 6.45) is 7.49. The van der Waals surface area contributed by atoms with Gasteiger partial charge in [-0.15, -0.1) is 0 Å². The number of ether oxygens (including phenoxy) is 3.